The summed E-state index contributed by atoms with van der Waals surface area (Å²) in [7, 11) is -3.71. The Kier molecular flexibility index (Phi) is 6.69. The zero-order valence-electron chi connectivity index (χ0n) is 14.2. The standard InChI is InChI=1S/C18H23N3O3S/c1-14-8-9-16(12-17(14)18(22)20-11-5-10-19)25(23,24)21-13-15-6-3-2-4-7-15/h2-4,6-9,12,21H,5,10-11,13,19H2,1H3,(H,20,22). The Hall–Kier alpha value is -2.22. The van der Waals surface area contributed by atoms with Crippen molar-refractivity contribution in [2.24, 2.45) is 5.73 Å². The van der Waals surface area contributed by atoms with E-state index in [1.165, 1.54) is 12.1 Å². The van der Waals surface area contributed by atoms with Crippen molar-refractivity contribution in [1.82, 2.24) is 10.0 Å². The van der Waals surface area contributed by atoms with Crippen LogP contribution in [-0.2, 0) is 16.6 Å². The van der Waals surface area contributed by atoms with Gasteiger partial charge in [-0.2, -0.15) is 0 Å². The van der Waals surface area contributed by atoms with Gasteiger partial charge in [0.2, 0.25) is 10.0 Å². The van der Waals surface area contributed by atoms with Crippen LogP contribution in [0, 0.1) is 6.92 Å². The van der Waals surface area contributed by atoms with Gasteiger partial charge in [0.05, 0.1) is 4.90 Å². The second kappa shape index (κ2) is 8.75. The van der Waals surface area contributed by atoms with Gasteiger partial charge in [-0.1, -0.05) is 36.4 Å². The number of nitrogens with one attached hydrogen (secondary N) is 2. The Morgan fingerprint density at radius 1 is 1.12 bits per heavy atom. The van der Waals surface area contributed by atoms with Crippen molar-refractivity contribution in [3.8, 4) is 0 Å². The van der Waals surface area contributed by atoms with E-state index in [0.29, 0.717) is 30.6 Å². The summed E-state index contributed by atoms with van der Waals surface area (Å²) in [4.78, 5) is 12.3. The lowest BCUT2D eigenvalue weighted by atomic mass is 10.1. The Morgan fingerprint density at radius 2 is 1.84 bits per heavy atom. The topological polar surface area (TPSA) is 101 Å². The van der Waals surface area contributed by atoms with Crippen molar-refractivity contribution < 1.29 is 13.2 Å². The van der Waals surface area contributed by atoms with Crippen molar-refractivity contribution in [2.45, 2.75) is 24.8 Å². The molecule has 2 rings (SSSR count). The van der Waals surface area contributed by atoms with Gasteiger partial charge in [-0.3, -0.25) is 4.79 Å². The molecule has 2 aromatic rings. The lowest BCUT2D eigenvalue weighted by Crippen LogP contribution is -2.27. The minimum Gasteiger partial charge on any atom is -0.352 e. The van der Waals surface area contributed by atoms with Gasteiger partial charge >= 0.3 is 0 Å². The molecule has 0 aliphatic heterocycles. The monoisotopic (exact) mass is 361 g/mol. The van der Waals surface area contributed by atoms with E-state index >= 15 is 0 Å². The highest BCUT2D eigenvalue weighted by Crippen LogP contribution is 2.16. The fourth-order valence-electron chi connectivity index (χ4n) is 2.27. The number of carbonyl (C=O) groups is 1. The number of hydrogen-bond acceptors (Lipinski definition) is 4. The fourth-order valence-corrected chi connectivity index (χ4v) is 3.31. The molecule has 0 saturated carbocycles. The molecule has 0 aromatic heterocycles. The molecule has 0 saturated heterocycles. The molecule has 0 spiro atoms. The predicted octanol–water partition coefficient (Wildman–Crippen LogP) is 1.55. The van der Waals surface area contributed by atoms with Gasteiger partial charge in [0.15, 0.2) is 0 Å². The first-order valence-electron chi connectivity index (χ1n) is 8.06. The van der Waals surface area contributed by atoms with Gasteiger partial charge in [0, 0.05) is 18.7 Å². The second-order valence-electron chi connectivity index (χ2n) is 5.69. The van der Waals surface area contributed by atoms with Crippen LogP contribution >= 0.6 is 0 Å². The van der Waals surface area contributed by atoms with Gasteiger partial charge in [-0.05, 0) is 43.1 Å². The number of hydrogen-bond donors (Lipinski definition) is 3. The molecule has 134 valence electrons. The van der Waals surface area contributed by atoms with Crippen LogP contribution in [0.5, 0.6) is 0 Å². The average Bonchev–Trinajstić information content (AvgIpc) is 2.61. The van der Waals surface area contributed by atoms with Crippen LogP contribution in [-0.4, -0.2) is 27.4 Å². The fraction of sp³-hybridized carbons (Fsp3) is 0.278. The molecule has 0 unspecified atom stereocenters. The second-order valence-corrected chi connectivity index (χ2v) is 7.45. The van der Waals surface area contributed by atoms with E-state index in [9.17, 15) is 13.2 Å². The van der Waals surface area contributed by atoms with E-state index in [4.69, 9.17) is 5.73 Å². The first-order chi connectivity index (χ1) is 11.9. The number of amides is 1. The van der Waals surface area contributed by atoms with Crippen LogP contribution in [0.25, 0.3) is 0 Å². The predicted molar refractivity (Wildman–Crippen MR) is 97.7 cm³/mol. The summed E-state index contributed by atoms with van der Waals surface area (Å²) in [5, 5.41) is 2.74. The van der Waals surface area contributed by atoms with Crippen molar-refractivity contribution in [3.63, 3.8) is 0 Å². The first-order valence-corrected chi connectivity index (χ1v) is 9.55. The van der Waals surface area contributed by atoms with Crippen molar-refractivity contribution in [2.75, 3.05) is 13.1 Å². The highest BCUT2D eigenvalue weighted by atomic mass is 32.2. The van der Waals surface area contributed by atoms with Crippen LogP contribution in [0.15, 0.2) is 53.4 Å². The highest BCUT2D eigenvalue weighted by Gasteiger charge is 2.17. The van der Waals surface area contributed by atoms with Crippen molar-refractivity contribution in [3.05, 3.63) is 65.2 Å². The Morgan fingerprint density at radius 3 is 2.52 bits per heavy atom. The van der Waals surface area contributed by atoms with Crippen LogP contribution in [0.2, 0.25) is 0 Å². The summed E-state index contributed by atoms with van der Waals surface area (Å²) in [6.07, 6.45) is 0.668. The minimum absolute atomic E-state index is 0.0676. The maximum Gasteiger partial charge on any atom is 0.251 e. The summed E-state index contributed by atoms with van der Waals surface area (Å²) in [5.41, 5.74) is 7.33. The number of sulfonamides is 1. The van der Waals surface area contributed by atoms with E-state index in [1.807, 2.05) is 30.3 Å². The van der Waals surface area contributed by atoms with E-state index in [2.05, 4.69) is 10.0 Å². The van der Waals surface area contributed by atoms with E-state index in [-0.39, 0.29) is 17.3 Å². The smallest absolute Gasteiger partial charge is 0.251 e. The number of benzene rings is 2. The molecule has 0 aliphatic rings. The molecule has 25 heavy (non-hydrogen) atoms. The molecule has 6 nitrogen and oxygen atoms in total. The Bertz CT molecular complexity index is 821. The Labute approximate surface area is 148 Å². The molecule has 0 bridgehead atoms. The third kappa shape index (κ3) is 5.38. The van der Waals surface area contributed by atoms with Crippen molar-refractivity contribution >= 4 is 15.9 Å². The number of nitrogens with two attached hydrogens (primary N) is 1. The molecule has 1 amide bonds. The maximum atomic E-state index is 12.5. The molecule has 0 fully saturated rings. The van der Waals surface area contributed by atoms with E-state index in [0.717, 1.165) is 5.56 Å². The first kappa shape index (κ1) is 19.1. The summed E-state index contributed by atoms with van der Waals surface area (Å²) >= 11 is 0. The zero-order chi connectivity index (χ0) is 18.3. The van der Waals surface area contributed by atoms with Gasteiger partial charge in [0.25, 0.3) is 5.91 Å². The van der Waals surface area contributed by atoms with Crippen LogP contribution in [0.3, 0.4) is 0 Å². The molecule has 7 heteroatoms. The third-order valence-corrected chi connectivity index (χ3v) is 5.14. The van der Waals surface area contributed by atoms with Gasteiger partial charge < -0.3 is 11.1 Å². The molecular weight excluding hydrogens is 338 g/mol. The molecule has 0 atom stereocenters. The van der Waals surface area contributed by atoms with Crippen LogP contribution in [0.1, 0.15) is 27.9 Å². The maximum absolute atomic E-state index is 12.5. The lowest BCUT2D eigenvalue weighted by molar-refractivity contribution is 0.0952. The summed E-state index contributed by atoms with van der Waals surface area (Å²) in [5.74, 6) is -0.300. The highest BCUT2D eigenvalue weighted by molar-refractivity contribution is 7.89. The largest absolute Gasteiger partial charge is 0.352 e. The Balaban J connectivity index is 2.15. The normalized spacial score (nSPS) is 11.3. The van der Waals surface area contributed by atoms with E-state index in [1.54, 1.807) is 13.0 Å². The minimum atomic E-state index is -3.71. The average molecular weight is 361 g/mol. The van der Waals surface area contributed by atoms with Gasteiger partial charge in [0.1, 0.15) is 0 Å². The molecule has 0 radical (unpaired) electrons. The van der Waals surface area contributed by atoms with E-state index < -0.39 is 10.0 Å². The molecule has 0 aliphatic carbocycles. The summed E-state index contributed by atoms with van der Waals surface area (Å²) < 4.78 is 27.5. The lowest BCUT2D eigenvalue weighted by Gasteiger charge is -2.11. The quantitative estimate of drug-likeness (QED) is 0.621. The van der Waals surface area contributed by atoms with Crippen LogP contribution < -0.4 is 15.8 Å². The summed E-state index contributed by atoms with van der Waals surface area (Å²) in [6.45, 7) is 2.90. The third-order valence-electron chi connectivity index (χ3n) is 3.74. The van der Waals surface area contributed by atoms with Gasteiger partial charge in [-0.15, -0.1) is 0 Å². The summed E-state index contributed by atoms with van der Waals surface area (Å²) in [6, 6.07) is 13.8. The zero-order valence-corrected chi connectivity index (χ0v) is 15.0. The number of carbonyl (C=O) groups excluding carboxylic acids is 1. The number of aryl methyl sites for hydroxylation is 1. The number of rotatable bonds is 8. The molecule has 2 aromatic carbocycles. The molecule has 4 N–H and O–H groups in total. The molecular formula is C18H23N3O3S. The van der Waals surface area contributed by atoms with Crippen LogP contribution in [0.4, 0.5) is 0 Å². The SMILES string of the molecule is Cc1ccc(S(=O)(=O)NCc2ccccc2)cc1C(=O)NCCCN. The molecule has 0 heterocycles. The van der Waals surface area contributed by atoms with Crippen molar-refractivity contribution in [1.29, 1.82) is 0 Å². The van der Waals surface area contributed by atoms with Gasteiger partial charge in [-0.25, -0.2) is 13.1 Å².